The van der Waals surface area contributed by atoms with Crippen LogP contribution in [-0.2, 0) is 0 Å². The van der Waals surface area contributed by atoms with Crippen molar-refractivity contribution in [3.8, 4) is 6.07 Å². The maximum absolute atomic E-state index is 9.20. The summed E-state index contributed by atoms with van der Waals surface area (Å²) in [6.07, 6.45) is 0.831. The molecule has 1 heterocycles. The van der Waals surface area contributed by atoms with Gasteiger partial charge in [0.05, 0.1) is 17.1 Å². The maximum Gasteiger partial charge on any atom is 0.128 e. The Labute approximate surface area is 122 Å². The standard InChI is InChI=1S/C15H17N3OS/c16-11-12-10-15(17-6-9-20-8-3-7-19)18-14-5-2-1-4-13(12)14/h1-2,4-5,10,19H,3,6-9H2,(H,17,18). The fraction of sp³-hybridized carbons (Fsp3) is 0.333. The first kappa shape index (κ1) is 14.6. The van der Waals surface area contributed by atoms with Gasteiger partial charge in [-0.25, -0.2) is 4.98 Å². The zero-order valence-corrected chi connectivity index (χ0v) is 12.0. The fourth-order valence-corrected chi connectivity index (χ4v) is 2.66. The van der Waals surface area contributed by atoms with E-state index in [1.165, 1.54) is 0 Å². The molecule has 20 heavy (non-hydrogen) atoms. The van der Waals surface area contributed by atoms with E-state index in [2.05, 4.69) is 16.4 Å². The summed E-state index contributed by atoms with van der Waals surface area (Å²) >= 11 is 1.80. The van der Waals surface area contributed by atoms with Crippen LogP contribution in [0.5, 0.6) is 0 Å². The number of hydrogen-bond acceptors (Lipinski definition) is 5. The van der Waals surface area contributed by atoms with Gasteiger partial charge in [0.2, 0.25) is 0 Å². The zero-order chi connectivity index (χ0) is 14.2. The molecule has 0 fully saturated rings. The molecule has 0 aliphatic carbocycles. The molecule has 0 saturated carbocycles. The highest BCUT2D eigenvalue weighted by atomic mass is 32.2. The van der Waals surface area contributed by atoms with E-state index in [-0.39, 0.29) is 6.61 Å². The molecule has 5 heteroatoms. The number of benzene rings is 1. The normalized spacial score (nSPS) is 10.4. The van der Waals surface area contributed by atoms with Crippen LogP contribution >= 0.6 is 11.8 Å². The molecule has 0 amide bonds. The van der Waals surface area contributed by atoms with Crippen molar-refractivity contribution in [2.24, 2.45) is 0 Å². The van der Waals surface area contributed by atoms with E-state index < -0.39 is 0 Å². The molecular weight excluding hydrogens is 270 g/mol. The molecule has 0 bridgehead atoms. The third-order valence-electron chi connectivity index (χ3n) is 2.84. The number of rotatable bonds is 7. The van der Waals surface area contributed by atoms with Gasteiger partial charge in [0, 0.05) is 24.3 Å². The molecule has 0 aliphatic heterocycles. The highest BCUT2D eigenvalue weighted by molar-refractivity contribution is 7.99. The van der Waals surface area contributed by atoms with Crippen molar-refractivity contribution < 1.29 is 5.11 Å². The minimum Gasteiger partial charge on any atom is -0.396 e. The van der Waals surface area contributed by atoms with E-state index in [1.807, 2.05) is 24.3 Å². The number of para-hydroxylation sites is 1. The average molecular weight is 287 g/mol. The first-order valence-electron chi connectivity index (χ1n) is 6.57. The molecule has 2 rings (SSSR count). The topological polar surface area (TPSA) is 68.9 Å². The second kappa shape index (κ2) is 7.73. The number of hydrogen-bond donors (Lipinski definition) is 2. The summed E-state index contributed by atoms with van der Waals surface area (Å²) in [7, 11) is 0. The van der Waals surface area contributed by atoms with Gasteiger partial charge in [0.15, 0.2) is 0 Å². The van der Waals surface area contributed by atoms with E-state index in [9.17, 15) is 5.26 Å². The Morgan fingerprint density at radius 1 is 1.30 bits per heavy atom. The summed E-state index contributed by atoms with van der Waals surface area (Å²) in [5, 5.41) is 22.0. The molecule has 4 nitrogen and oxygen atoms in total. The second-order valence-electron chi connectivity index (χ2n) is 4.30. The van der Waals surface area contributed by atoms with Gasteiger partial charge < -0.3 is 10.4 Å². The Balaban J connectivity index is 1.99. The summed E-state index contributed by atoms with van der Waals surface area (Å²) in [5.41, 5.74) is 1.48. The predicted molar refractivity (Wildman–Crippen MR) is 84.0 cm³/mol. The highest BCUT2D eigenvalue weighted by Gasteiger charge is 2.04. The zero-order valence-electron chi connectivity index (χ0n) is 11.2. The SMILES string of the molecule is N#Cc1cc(NCCSCCCO)nc2ccccc12. The van der Waals surface area contributed by atoms with E-state index in [1.54, 1.807) is 17.8 Å². The van der Waals surface area contributed by atoms with Crippen molar-refractivity contribution in [3.63, 3.8) is 0 Å². The van der Waals surface area contributed by atoms with Crippen LogP contribution in [0.15, 0.2) is 30.3 Å². The number of aliphatic hydroxyl groups is 1. The first-order chi connectivity index (χ1) is 9.85. The summed E-state index contributed by atoms with van der Waals surface area (Å²) < 4.78 is 0. The minimum atomic E-state index is 0.248. The van der Waals surface area contributed by atoms with Crippen molar-refractivity contribution in [2.45, 2.75) is 6.42 Å². The molecule has 0 saturated heterocycles. The van der Waals surface area contributed by atoms with Crippen LogP contribution in [0.25, 0.3) is 10.9 Å². The molecule has 0 spiro atoms. The summed E-state index contributed by atoms with van der Waals surface area (Å²) in [6, 6.07) is 11.7. The van der Waals surface area contributed by atoms with Gasteiger partial charge >= 0.3 is 0 Å². The molecule has 0 unspecified atom stereocenters. The number of aromatic nitrogens is 1. The van der Waals surface area contributed by atoms with Crippen LogP contribution in [-0.4, -0.2) is 34.7 Å². The molecule has 0 atom stereocenters. The van der Waals surface area contributed by atoms with E-state index >= 15 is 0 Å². The molecule has 2 N–H and O–H groups in total. The van der Waals surface area contributed by atoms with Crippen LogP contribution < -0.4 is 5.32 Å². The van der Waals surface area contributed by atoms with E-state index in [0.717, 1.165) is 41.2 Å². The predicted octanol–water partition coefficient (Wildman–Crippen LogP) is 2.63. The summed E-state index contributed by atoms with van der Waals surface area (Å²) in [6.45, 7) is 1.05. The number of pyridine rings is 1. The number of nitrogens with zero attached hydrogens (tertiary/aromatic N) is 2. The van der Waals surface area contributed by atoms with Crippen molar-refractivity contribution in [3.05, 3.63) is 35.9 Å². The monoisotopic (exact) mass is 287 g/mol. The lowest BCUT2D eigenvalue weighted by Crippen LogP contribution is -2.06. The summed E-state index contributed by atoms with van der Waals surface area (Å²) in [4.78, 5) is 4.51. The van der Waals surface area contributed by atoms with Crippen LogP contribution in [0, 0.1) is 11.3 Å². The van der Waals surface area contributed by atoms with Gasteiger partial charge in [0.1, 0.15) is 5.82 Å². The quantitative estimate of drug-likeness (QED) is 0.766. The minimum absolute atomic E-state index is 0.248. The van der Waals surface area contributed by atoms with Crippen molar-refractivity contribution in [1.29, 1.82) is 5.26 Å². The van der Waals surface area contributed by atoms with E-state index in [0.29, 0.717) is 5.56 Å². The van der Waals surface area contributed by atoms with Crippen LogP contribution in [0.2, 0.25) is 0 Å². The lowest BCUT2D eigenvalue weighted by molar-refractivity contribution is 0.296. The van der Waals surface area contributed by atoms with Gasteiger partial charge in [-0.3, -0.25) is 0 Å². The fourth-order valence-electron chi connectivity index (χ4n) is 1.88. The number of nitrogens with one attached hydrogen (secondary N) is 1. The Hall–Kier alpha value is -1.77. The van der Waals surface area contributed by atoms with Crippen molar-refractivity contribution in [2.75, 3.05) is 30.0 Å². The first-order valence-corrected chi connectivity index (χ1v) is 7.73. The third-order valence-corrected chi connectivity index (χ3v) is 3.91. The number of anilines is 1. The number of fused-ring (bicyclic) bond motifs is 1. The molecule has 2 aromatic rings. The van der Waals surface area contributed by atoms with Gasteiger partial charge in [-0.1, -0.05) is 18.2 Å². The largest absolute Gasteiger partial charge is 0.396 e. The van der Waals surface area contributed by atoms with Crippen LogP contribution in [0.3, 0.4) is 0 Å². The lowest BCUT2D eigenvalue weighted by Gasteiger charge is -2.07. The summed E-state index contributed by atoms with van der Waals surface area (Å²) in [5.74, 6) is 2.66. The van der Waals surface area contributed by atoms with Gasteiger partial charge in [-0.15, -0.1) is 0 Å². The Bertz CT molecular complexity index is 610. The van der Waals surface area contributed by atoms with Gasteiger partial charge in [-0.05, 0) is 24.3 Å². The number of aliphatic hydroxyl groups excluding tert-OH is 1. The highest BCUT2D eigenvalue weighted by Crippen LogP contribution is 2.19. The van der Waals surface area contributed by atoms with Crippen molar-refractivity contribution >= 4 is 28.5 Å². The molecule has 104 valence electrons. The Kier molecular flexibility index (Phi) is 5.66. The van der Waals surface area contributed by atoms with Gasteiger partial charge in [-0.2, -0.15) is 17.0 Å². The van der Waals surface area contributed by atoms with Crippen LogP contribution in [0.4, 0.5) is 5.82 Å². The number of nitriles is 1. The average Bonchev–Trinajstić information content (AvgIpc) is 2.50. The Morgan fingerprint density at radius 3 is 2.95 bits per heavy atom. The third kappa shape index (κ3) is 3.86. The lowest BCUT2D eigenvalue weighted by atomic mass is 10.1. The molecular formula is C15H17N3OS. The molecule has 0 aliphatic rings. The maximum atomic E-state index is 9.20. The molecule has 1 aromatic heterocycles. The Morgan fingerprint density at radius 2 is 2.15 bits per heavy atom. The second-order valence-corrected chi connectivity index (χ2v) is 5.53. The van der Waals surface area contributed by atoms with E-state index in [4.69, 9.17) is 5.11 Å². The smallest absolute Gasteiger partial charge is 0.128 e. The van der Waals surface area contributed by atoms with Crippen LogP contribution in [0.1, 0.15) is 12.0 Å². The number of thioether (sulfide) groups is 1. The van der Waals surface area contributed by atoms with Gasteiger partial charge in [0.25, 0.3) is 0 Å². The van der Waals surface area contributed by atoms with Crippen molar-refractivity contribution in [1.82, 2.24) is 4.98 Å². The molecule has 0 radical (unpaired) electrons. The molecule has 1 aromatic carbocycles.